The maximum absolute atomic E-state index is 14.5. The summed E-state index contributed by atoms with van der Waals surface area (Å²) in [6, 6.07) is 24.0. The first-order valence-electron chi connectivity index (χ1n) is 11.4. The van der Waals surface area contributed by atoms with Gasteiger partial charge in [0, 0.05) is 31.2 Å². The summed E-state index contributed by atoms with van der Waals surface area (Å²) >= 11 is 1.26. The number of nitrogens with one attached hydrogen (secondary N) is 1. The van der Waals surface area contributed by atoms with Crippen molar-refractivity contribution in [3.63, 3.8) is 0 Å². The minimum atomic E-state index is -0.382. The van der Waals surface area contributed by atoms with Crippen molar-refractivity contribution in [1.29, 1.82) is 0 Å². The summed E-state index contributed by atoms with van der Waals surface area (Å²) in [5.74, 6) is 0.0315. The standard InChI is InChI=1S/C27H23FN6OS/c28-24-9-5-4-8-23(24)26-31-32-27(34(26)22-6-2-1-3-7-22)36-18-25(35)30-16-20-10-12-21(13-11-20)17-33-15-14-29-19-33/h1-15,19H,16-18H2,(H,30,35). The molecule has 5 aromatic rings. The lowest BCUT2D eigenvalue weighted by molar-refractivity contribution is -0.118. The maximum atomic E-state index is 14.5. The number of amides is 1. The van der Waals surface area contributed by atoms with Crippen molar-refractivity contribution in [2.75, 3.05) is 5.75 Å². The minimum Gasteiger partial charge on any atom is -0.351 e. The van der Waals surface area contributed by atoms with Gasteiger partial charge in [0.25, 0.3) is 0 Å². The molecule has 0 spiro atoms. The van der Waals surface area contributed by atoms with Crippen LogP contribution in [0.1, 0.15) is 11.1 Å². The molecule has 1 amide bonds. The number of para-hydroxylation sites is 1. The predicted molar refractivity (Wildman–Crippen MR) is 137 cm³/mol. The van der Waals surface area contributed by atoms with Crippen molar-refractivity contribution in [3.05, 3.63) is 115 Å². The number of aromatic nitrogens is 5. The average molecular weight is 499 g/mol. The van der Waals surface area contributed by atoms with Crippen LogP contribution in [0.15, 0.2) is 103 Å². The van der Waals surface area contributed by atoms with E-state index in [4.69, 9.17) is 0 Å². The van der Waals surface area contributed by atoms with Gasteiger partial charge in [0.05, 0.1) is 17.6 Å². The number of benzene rings is 3. The maximum Gasteiger partial charge on any atom is 0.230 e. The zero-order valence-electron chi connectivity index (χ0n) is 19.3. The Bertz CT molecular complexity index is 1440. The fraction of sp³-hybridized carbons (Fsp3) is 0.111. The van der Waals surface area contributed by atoms with Gasteiger partial charge in [0.1, 0.15) is 5.82 Å². The first kappa shape index (κ1) is 23.5. The molecular formula is C27H23FN6OS. The van der Waals surface area contributed by atoms with Crippen molar-refractivity contribution >= 4 is 17.7 Å². The number of hydrogen-bond acceptors (Lipinski definition) is 5. The summed E-state index contributed by atoms with van der Waals surface area (Å²) in [5, 5.41) is 12.0. The van der Waals surface area contributed by atoms with Crippen LogP contribution < -0.4 is 5.32 Å². The molecule has 0 aliphatic carbocycles. The largest absolute Gasteiger partial charge is 0.351 e. The van der Waals surface area contributed by atoms with Crippen molar-refractivity contribution < 1.29 is 9.18 Å². The van der Waals surface area contributed by atoms with Crippen LogP contribution in [-0.2, 0) is 17.9 Å². The Hall–Kier alpha value is -4.24. The van der Waals surface area contributed by atoms with E-state index >= 15 is 0 Å². The second-order valence-electron chi connectivity index (χ2n) is 8.07. The molecule has 0 aliphatic rings. The van der Waals surface area contributed by atoms with E-state index in [1.807, 2.05) is 65.4 Å². The molecule has 0 saturated carbocycles. The SMILES string of the molecule is O=C(CSc1nnc(-c2ccccc2F)n1-c1ccccc1)NCc1ccc(Cn2ccnc2)cc1. The van der Waals surface area contributed by atoms with Gasteiger partial charge in [-0.1, -0.05) is 66.4 Å². The number of thioether (sulfide) groups is 1. The van der Waals surface area contributed by atoms with Crippen LogP contribution in [0.3, 0.4) is 0 Å². The third kappa shape index (κ3) is 5.52. The Morgan fingerprint density at radius 3 is 2.42 bits per heavy atom. The first-order chi connectivity index (χ1) is 17.7. The molecule has 2 heterocycles. The van der Waals surface area contributed by atoms with E-state index in [1.165, 1.54) is 17.8 Å². The highest BCUT2D eigenvalue weighted by molar-refractivity contribution is 7.99. The predicted octanol–water partition coefficient (Wildman–Crippen LogP) is 4.73. The highest BCUT2D eigenvalue weighted by Gasteiger charge is 2.19. The summed E-state index contributed by atoms with van der Waals surface area (Å²) < 4.78 is 18.3. The van der Waals surface area contributed by atoms with Crippen molar-refractivity contribution in [1.82, 2.24) is 29.6 Å². The van der Waals surface area contributed by atoms with Crippen LogP contribution in [0.4, 0.5) is 4.39 Å². The molecule has 0 unspecified atom stereocenters. The van der Waals surface area contributed by atoms with Gasteiger partial charge in [-0.2, -0.15) is 0 Å². The van der Waals surface area contributed by atoms with Crippen LogP contribution in [0, 0.1) is 5.82 Å². The van der Waals surface area contributed by atoms with Gasteiger partial charge in [-0.25, -0.2) is 9.37 Å². The van der Waals surface area contributed by atoms with Gasteiger partial charge < -0.3 is 9.88 Å². The fourth-order valence-corrected chi connectivity index (χ4v) is 4.51. The molecule has 0 radical (unpaired) electrons. The van der Waals surface area contributed by atoms with E-state index in [0.29, 0.717) is 23.1 Å². The molecule has 3 aromatic carbocycles. The molecule has 0 atom stereocenters. The Morgan fingerprint density at radius 1 is 0.917 bits per heavy atom. The normalized spacial score (nSPS) is 10.9. The van der Waals surface area contributed by atoms with E-state index in [-0.39, 0.29) is 17.5 Å². The zero-order chi connectivity index (χ0) is 24.7. The zero-order valence-corrected chi connectivity index (χ0v) is 20.1. The Balaban J connectivity index is 1.24. The molecule has 0 aliphatic heterocycles. The second kappa shape index (κ2) is 11.0. The van der Waals surface area contributed by atoms with Crippen LogP contribution in [0.25, 0.3) is 17.1 Å². The smallest absolute Gasteiger partial charge is 0.230 e. The molecular weight excluding hydrogens is 475 g/mol. The lowest BCUT2D eigenvalue weighted by atomic mass is 10.1. The summed E-state index contributed by atoms with van der Waals surface area (Å²) in [4.78, 5) is 16.6. The van der Waals surface area contributed by atoms with E-state index in [9.17, 15) is 9.18 Å². The number of carbonyl (C=O) groups excluding carboxylic acids is 1. The van der Waals surface area contributed by atoms with Gasteiger partial charge in [-0.3, -0.25) is 9.36 Å². The number of carbonyl (C=O) groups is 1. The molecule has 5 rings (SSSR count). The average Bonchev–Trinajstić information content (AvgIpc) is 3.58. The number of nitrogens with zero attached hydrogens (tertiary/aromatic N) is 5. The Labute approximate surface area is 212 Å². The molecule has 9 heteroatoms. The quantitative estimate of drug-likeness (QED) is 0.298. The highest BCUT2D eigenvalue weighted by Crippen LogP contribution is 2.29. The monoisotopic (exact) mass is 498 g/mol. The molecule has 0 bridgehead atoms. The molecule has 0 saturated heterocycles. The van der Waals surface area contributed by atoms with Gasteiger partial charge in [0.15, 0.2) is 11.0 Å². The van der Waals surface area contributed by atoms with Crippen molar-refractivity contribution in [2.24, 2.45) is 0 Å². The van der Waals surface area contributed by atoms with Gasteiger partial charge in [-0.05, 0) is 35.4 Å². The molecule has 36 heavy (non-hydrogen) atoms. The first-order valence-corrected chi connectivity index (χ1v) is 12.3. The lowest BCUT2D eigenvalue weighted by Crippen LogP contribution is -2.24. The van der Waals surface area contributed by atoms with Crippen LogP contribution in [0.2, 0.25) is 0 Å². The third-order valence-electron chi connectivity index (χ3n) is 5.53. The minimum absolute atomic E-state index is 0.127. The Morgan fingerprint density at radius 2 is 1.67 bits per heavy atom. The van der Waals surface area contributed by atoms with Gasteiger partial charge >= 0.3 is 0 Å². The number of halogens is 1. The molecule has 1 N–H and O–H groups in total. The van der Waals surface area contributed by atoms with E-state index < -0.39 is 0 Å². The summed E-state index contributed by atoms with van der Waals surface area (Å²) in [6.45, 7) is 1.18. The van der Waals surface area contributed by atoms with Crippen LogP contribution in [-0.4, -0.2) is 36.0 Å². The number of rotatable bonds is 9. The third-order valence-corrected chi connectivity index (χ3v) is 6.46. The Kier molecular flexibility index (Phi) is 7.18. The topological polar surface area (TPSA) is 77.6 Å². The summed E-state index contributed by atoms with van der Waals surface area (Å²) in [6.07, 6.45) is 5.46. The number of imidazole rings is 1. The van der Waals surface area contributed by atoms with Gasteiger partial charge in [-0.15, -0.1) is 10.2 Å². The molecule has 0 fully saturated rings. The molecule has 2 aromatic heterocycles. The van der Waals surface area contributed by atoms with Crippen LogP contribution >= 0.6 is 11.8 Å². The molecule has 180 valence electrons. The van der Waals surface area contributed by atoms with Crippen molar-refractivity contribution in [2.45, 2.75) is 18.2 Å². The van der Waals surface area contributed by atoms with Crippen LogP contribution in [0.5, 0.6) is 0 Å². The number of hydrogen-bond donors (Lipinski definition) is 1. The summed E-state index contributed by atoms with van der Waals surface area (Å²) in [5.41, 5.74) is 3.31. The lowest BCUT2D eigenvalue weighted by Gasteiger charge is -2.11. The van der Waals surface area contributed by atoms with Crippen molar-refractivity contribution in [3.8, 4) is 17.1 Å². The van der Waals surface area contributed by atoms with E-state index in [1.54, 1.807) is 35.3 Å². The highest BCUT2D eigenvalue weighted by atomic mass is 32.2. The second-order valence-corrected chi connectivity index (χ2v) is 9.02. The molecule has 7 nitrogen and oxygen atoms in total. The summed E-state index contributed by atoms with van der Waals surface area (Å²) in [7, 11) is 0. The van der Waals surface area contributed by atoms with E-state index in [0.717, 1.165) is 23.4 Å². The fourth-order valence-electron chi connectivity index (χ4n) is 3.73. The van der Waals surface area contributed by atoms with Gasteiger partial charge in [0.2, 0.25) is 5.91 Å². The van der Waals surface area contributed by atoms with E-state index in [2.05, 4.69) is 20.5 Å².